The van der Waals surface area contributed by atoms with E-state index in [9.17, 15) is 9.59 Å². The average Bonchev–Trinajstić information content (AvgIpc) is 2.29. The maximum Gasteiger partial charge on any atom is 0.326 e. The van der Waals surface area contributed by atoms with Crippen LogP contribution in [-0.4, -0.2) is 9.97 Å². The molecule has 0 bridgehead atoms. The van der Waals surface area contributed by atoms with Crippen LogP contribution in [0.3, 0.4) is 0 Å². The van der Waals surface area contributed by atoms with Crippen molar-refractivity contribution in [3.05, 3.63) is 31.8 Å². The maximum atomic E-state index is 11.1. The van der Waals surface area contributed by atoms with Gasteiger partial charge in [-0.3, -0.25) is 14.8 Å². The molecule has 0 radical (unpaired) electrons. The predicted octanol–water partition coefficient (Wildman–Crippen LogP) is 0.586. The quantitative estimate of drug-likeness (QED) is 0.626. The molecular formula is C7H6N2O2S. The van der Waals surface area contributed by atoms with Gasteiger partial charge in [0.25, 0.3) is 5.56 Å². The molecule has 0 aliphatic carbocycles. The third-order valence-corrected chi connectivity index (χ3v) is 2.52. The lowest BCUT2D eigenvalue weighted by Crippen LogP contribution is -2.20. The minimum absolute atomic E-state index is 0.321. The van der Waals surface area contributed by atoms with Gasteiger partial charge in [0.1, 0.15) is 4.83 Å². The van der Waals surface area contributed by atoms with E-state index in [1.165, 1.54) is 11.3 Å². The van der Waals surface area contributed by atoms with Gasteiger partial charge in [-0.1, -0.05) is 0 Å². The first-order valence-corrected chi connectivity index (χ1v) is 4.21. The van der Waals surface area contributed by atoms with Gasteiger partial charge in [0, 0.05) is 4.88 Å². The Morgan fingerprint density at radius 1 is 1.33 bits per heavy atom. The highest BCUT2D eigenvalue weighted by Crippen LogP contribution is 2.17. The number of nitrogens with one attached hydrogen (secondary N) is 2. The number of rotatable bonds is 0. The maximum absolute atomic E-state index is 11.1. The summed E-state index contributed by atoms with van der Waals surface area (Å²) in [5.74, 6) is 0. The molecule has 5 heteroatoms. The van der Waals surface area contributed by atoms with Gasteiger partial charge >= 0.3 is 5.69 Å². The summed E-state index contributed by atoms with van der Waals surface area (Å²) in [7, 11) is 0. The Morgan fingerprint density at radius 2 is 2.08 bits per heavy atom. The van der Waals surface area contributed by atoms with Gasteiger partial charge in [-0.15, -0.1) is 11.3 Å². The smallest absolute Gasteiger partial charge is 0.298 e. The minimum Gasteiger partial charge on any atom is -0.298 e. The van der Waals surface area contributed by atoms with E-state index in [1.54, 1.807) is 6.07 Å². The van der Waals surface area contributed by atoms with E-state index in [2.05, 4.69) is 9.97 Å². The van der Waals surface area contributed by atoms with E-state index < -0.39 is 5.69 Å². The summed E-state index contributed by atoms with van der Waals surface area (Å²) < 4.78 is 0. The summed E-state index contributed by atoms with van der Waals surface area (Å²) in [5, 5.41) is 0.553. The number of thiophene rings is 1. The third kappa shape index (κ3) is 0.984. The molecule has 0 saturated carbocycles. The van der Waals surface area contributed by atoms with Crippen LogP contribution >= 0.6 is 11.3 Å². The molecule has 0 aliphatic rings. The molecule has 4 nitrogen and oxygen atoms in total. The number of fused-ring (bicyclic) bond motifs is 1. The largest absolute Gasteiger partial charge is 0.326 e. The van der Waals surface area contributed by atoms with Gasteiger partial charge < -0.3 is 0 Å². The fourth-order valence-corrected chi connectivity index (χ4v) is 1.98. The van der Waals surface area contributed by atoms with E-state index in [0.29, 0.717) is 10.2 Å². The second-order valence-electron chi connectivity index (χ2n) is 2.51. The van der Waals surface area contributed by atoms with Crippen molar-refractivity contribution in [1.29, 1.82) is 0 Å². The summed E-state index contributed by atoms with van der Waals surface area (Å²) in [6.45, 7) is 1.89. The topological polar surface area (TPSA) is 65.7 Å². The Morgan fingerprint density at radius 3 is 2.83 bits per heavy atom. The molecule has 0 aromatic carbocycles. The van der Waals surface area contributed by atoms with E-state index in [4.69, 9.17) is 0 Å². The molecule has 0 atom stereocenters. The first kappa shape index (κ1) is 7.30. The van der Waals surface area contributed by atoms with E-state index in [-0.39, 0.29) is 5.56 Å². The van der Waals surface area contributed by atoms with Crippen molar-refractivity contribution < 1.29 is 0 Å². The van der Waals surface area contributed by atoms with Crippen LogP contribution in [0, 0.1) is 6.92 Å². The van der Waals surface area contributed by atoms with Gasteiger partial charge in [0.05, 0.1) is 5.39 Å². The molecule has 0 aliphatic heterocycles. The summed E-state index contributed by atoms with van der Waals surface area (Å²) in [6.07, 6.45) is 0. The zero-order chi connectivity index (χ0) is 8.72. The SMILES string of the molecule is Cc1cc2c(=O)[nH]c(=O)[nH]c2s1. The first-order chi connectivity index (χ1) is 5.66. The van der Waals surface area contributed by atoms with Crippen molar-refractivity contribution >= 4 is 21.6 Å². The first-order valence-electron chi connectivity index (χ1n) is 3.39. The van der Waals surface area contributed by atoms with Crippen LogP contribution in [0.2, 0.25) is 0 Å². The molecule has 0 amide bonds. The molecule has 2 aromatic heterocycles. The predicted molar refractivity (Wildman–Crippen MR) is 47.8 cm³/mol. The zero-order valence-electron chi connectivity index (χ0n) is 6.30. The Bertz CT molecular complexity index is 534. The second-order valence-corrected chi connectivity index (χ2v) is 3.76. The monoisotopic (exact) mass is 182 g/mol. The molecule has 62 valence electrons. The van der Waals surface area contributed by atoms with Crippen molar-refractivity contribution in [1.82, 2.24) is 9.97 Å². The van der Waals surface area contributed by atoms with Crippen LogP contribution in [0.15, 0.2) is 15.7 Å². The van der Waals surface area contributed by atoms with Crippen LogP contribution in [0.4, 0.5) is 0 Å². The number of H-pyrrole nitrogens is 2. The minimum atomic E-state index is -0.450. The Hall–Kier alpha value is -1.36. The van der Waals surface area contributed by atoms with Gasteiger partial charge in [0.15, 0.2) is 0 Å². The highest BCUT2D eigenvalue weighted by Gasteiger charge is 2.02. The number of hydrogen-bond donors (Lipinski definition) is 2. The van der Waals surface area contributed by atoms with Crippen LogP contribution < -0.4 is 11.2 Å². The molecule has 0 unspecified atom stereocenters. The molecule has 2 N–H and O–H groups in total. The summed E-state index contributed by atoms with van der Waals surface area (Å²) in [5.41, 5.74) is -0.771. The second kappa shape index (κ2) is 2.31. The Kier molecular flexibility index (Phi) is 1.41. The fourth-order valence-electron chi connectivity index (χ4n) is 1.08. The lowest BCUT2D eigenvalue weighted by molar-refractivity contribution is 1.09. The summed E-state index contributed by atoms with van der Waals surface area (Å²) >= 11 is 1.40. The lowest BCUT2D eigenvalue weighted by Gasteiger charge is -1.84. The van der Waals surface area contributed by atoms with Gasteiger partial charge in [-0.05, 0) is 13.0 Å². The highest BCUT2D eigenvalue weighted by atomic mass is 32.1. The van der Waals surface area contributed by atoms with E-state index in [0.717, 1.165) is 4.88 Å². The molecule has 12 heavy (non-hydrogen) atoms. The molecule has 0 spiro atoms. The van der Waals surface area contributed by atoms with Crippen LogP contribution in [0.1, 0.15) is 4.88 Å². The van der Waals surface area contributed by atoms with Crippen LogP contribution in [0.25, 0.3) is 10.2 Å². The molecule has 2 rings (SSSR count). The fraction of sp³-hybridized carbons (Fsp3) is 0.143. The highest BCUT2D eigenvalue weighted by molar-refractivity contribution is 7.18. The van der Waals surface area contributed by atoms with Gasteiger partial charge in [-0.25, -0.2) is 4.79 Å². The molecule has 0 fully saturated rings. The number of aromatic nitrogens is 2. The normalized spacial score (nSPS) is 10.8. The van der Waals surface area contributed by atoms with E-state index in [1.807, 2.05) is 6.92 Å². The van der Waals surface area contributed by atoms with Crippen molar-refractivity contribution in [3.63, 3.8) is 0 Å². The number of aromatic amines is 2. The van der Waals surface area contributed by atoms with Gasteiger partial charge in [-0.2, -0.15) is 0 Å². The average molecular weight is 182 g/mol. The van der Waals surface area contributed by atoms with Crippen LogP contribution in [0.5, 0.6) is 0 Å². The molecule has 0 saturated heterocycles. The van der Waals surface area contributed by atoms with Crippen molar-refractivity contribution in [2.24, 2.45) is 0 Å². The van der Waals surface area contributed by atoms with E-state index >= 15 is 0 Å². The number of aryl methyl sites for hydroxylation is 1. The molecular weight excluding hydrogens is 176 g/mol. The summed E-state index contributed by atoms with van der Waals surface area (Å²) in [6, 6.07) is 1.76. The lowest BCUT2D eigenvalue weighted by atomic mass is 10.4. The molecule has 2 heterocycles. The van der Waals surface area contributed by atoms with Crippen molar-refractivity contribution in [3.8, 4) is 0 Å². The van der Waals surface area contributed by atoms with Gasteiger partial charge in [0.2, 0.25) is 0 Å². The Labute approximate surface area is 70.9 Å². The number of hydrogen-bond acceptors (Lipinski definition) is 3. The Balaban J connectivity index is 3.08. The molecule has 2 aromatic rings. The third-order valence-electron chi connectivity index (χ3n) is 1.55. The zero-order valence-corrected chi connectivity index (χ0v) is 7.12. The van der Waals surface area contributed by atoms with Crippen LogP contribution in [-0.2, 0) is 0 Å². The summed E-state index contributed by atoms with van der Waals surface area (Å²) in [4.78, 5) is 28.3. The van der Waals surface area contributed by atoms with Crippen molar-refractivity contribution in [2.75, 3.05) is 0 Å². The standard InChI is InChI=1S/C7H6N2O2S/c1-3-2-4-5(10)8-7(11)9-6(4)12-3/h2H,1H3,(H2,8,9,10,11). The van der Waals surface area contributed by atoms with Crippen molar-refractivity contribution in [2.45, 2.75) is 6.92 Å².